The number of halogens is 3. The summed E-state index contributed by atoms with van der Waals surface area (Å²) in [6.45, 7) is -1.20. The maximum absolute atomic E-state index is 12.5. The van der Waals surface area contributed by atoms with Crippen molar-refractivity contribution in [1.29, 1.82) is 0 Å². The van der Waals surface area contributed by atoms with Crippen molar-refractivity contribution in [2.45, 2.75) is 36.5 Å². The molecule has 0 aliphatic heterocycles. The number of nitrogens with two attached hydrogens (primary N) is 1. The molecule has 4 nitrogen and oxygen atoms in total. The van der Waals surface area contributed by atoms with E-state index in [-0.39, 0.29) is 11.4 Å². The Kier molecular flexibility index (Phi) is 4.08. The fourth-order valence-corrected chi connectivity index (χ4v) is 3.55. The molecule has 1 aromatic rings. The third-order valence-corrected chi connectivity index (χ3v) is 4.97. The van der Waals surface area contributed by atoms with Gasteiger partial charge in [-0.25, -0.2) is 8.42 Å². The second kappa shape index (κ2) is 5.34. The molecule has 0 amide bonds. The Balaban J connectivity index is 2.29. The van der Waals surface area contributed by atoms with Crippen LogP contribution in [0.3, 0.4) is 0 Å². The molecule has 0 heterocycles. The highest BCUT2D eigenvalue weighted by Gasteiger charge is 2.44. The first-order valence-corrected chi connectivity index (χ1v) is 7.55. The zero-order valence-corrected chi connectivity index (χ0v) is 11.4. The standard InChI is InChI=1S/C12H15F3N2O2S/c13-12(14,15)8-17(10-3-4-10)20(18,19)11-5-1-9(7-16)2-6-11/h1-2,5-6,10H,3-4,7-8,16H2. The summed E-state index contributed by atoms with van der Waals surface area (Å²) in [5.74, 6) is 0. The molecule has 0 unspecified atom stereocenters. The van der Waals surface area contributed by atoms with Crippen molar-refractivity contribution in [3.05, 3.63) is 29.8 Å². The van der Waals surface area contributed by atoms with Gasteiger partial charge < -0.3 is 5.73 Å². The molecule has 0 radical (unpaired) electrons. The molecule has 2 rings (SSSR count). The Morgan fingerprint density at radius 1 is 1.20 bits per heavy atom. The molecule has 1 aliphatic carbocycles. The van der Waals surface area contributed by atoms with Gasteiger partial charge in [0.15, 0.2) is 0 Å². The first kappa shape index (κ1) is 15.3. The van der Waals surface area contributed by atoms with Crippen LogP contribution in [-0.2, 0) is 16.6 Å². The van der Waals surface area contributed by atoms with Gasteiger partial charge in [-0.05, 0) is 30.5 Å². The molecule has 0 spiro atoms. The van der Waals surface area contributed by atoms with Gasteiger partial charge in [0, 0.05) is 12.6 Å². The third kappa shape index (κ3) is 3.50. The number of hydrogen-bond acceptors (Lipinski definition) is 3. The van der Waals surface area contributed by atoms with Crippen LogP contribution in [0.2, 0.25) is 0 Å². The summed E-state index contributed by atoms with van der Waals surface area (Å²) in [5.41, 5.74) is 6.12. The summed E-state index contributed by atoms with van der Waals surface area (Å²) < 4.78 is 62.7. The van der Waals surface area contributed by atoms with Crippen molar-refractivity contribution in [2.75, 3.05) is 6.54 Å². The molecule has 1 saturated carbocycles. The van der Waals surface area contributed by atoms with E-state index in [0.29, 0.717) is 17.1 Å². The minimum absolute atomic E-state index is 0.133. The van der Waals surface area contributed by atoms with E-state index in [9.17, 15) is 21.6 Å². The first-order chi connectivity index (χ1) is 9.24. The van der Waals surface area contributed by atoms with Gasteiger partial charge in [-0.2, -0.15) is 17.5 Å². The largest absolute Gasteiger partial charge is 0.402 e. The van der Waals surface area contributed by atoms with Crippen molar-refractivity contribution < 1.29 is 21.6 Å². The number of benzene rings is 1. The van der Waals surface area contributed by atoms with E-state index in [1.165, 1.54) is 24.3 Å². The maximum atomic E-state index is 12.5. The van der Waals surface area contributed by atoms with Crippen molar-refractivity contribution in [2.24, 2.45) is 5.73 Å². The van der Waals surface area contributed by atoms with Crippen LogP contribution in [0, 0.1) is 0 Å². The zero-order chi connectivity index (χ0) is 15.0. The van der Waals surface area contributed by atoms with Crippen LogP contribution in [0.1, 0.15) is 18.4 Å². The van der Waals surface area contributed by atoms with Crippen LogP contribution in [-0.4, -0.2) is 31.5 Å². The van der Waals surface area contributed by atoms with E-state index < -0.39 is 28.8 Å². The number of hydrogen-bond donors (Lipinski definition) is 1. The van der Waals surface area contributed by atoms with Gasteiger partial charge in [0.2, 0.25) is 10.0 Å². The van der Waals surface area contributed by atoms with Gasteiger partial charge in [0.1, 0.15) is 6.54 Å². The normalized spacial score (nSPS) is 16.6. The monoisotopic (exact) mass is 308 g/mol. The topological polar surface area (TPSA) is 63.4 Å². The van der Waals surface area contributed by atoms with E-state index in [1.54, 1.807) is 0 Å². The third-order valence-electron chi connectivity index (χ3n) is 3.05. The Hall–Kier alpha value is -1.12. The Morgan fingerprint density at radius 3 is 2.15 bits per heavy atom. The summed E-state index contributed by atoms with van der Waals surface area (Å²) >= 11 is 0. The number of rotatable bonds is 5. The molecular weight excluding hydrogens is 293 g/mol. The Morgan fingerprint density at radius 2 is 1.75 bits per heavy atom. The van der Waals surface area contributed by atoms with Gasteiger partial charge in [0.05, 0.1) is 4.90 Å². The Labute approximate surface area is 115 Å². The minimum atomic E-state index is -4.55. The van der Waals surface area contributed by atoms with Crippen LogP contribution in [0.15, 0.2) is 29.2 Å². The van der Waals surface area contributed by atoms with Crippen molar-refractivity contribution in [3.63, 3.8) is 0 Å². The average molecular weight is 308 g/mol. The SMILES string of the molecule is NCc1ccc(S(=O)(=O)N(CC(F)(F)F)C2CC2)cc1. The van der Waals surface area contributed by atoms with Crippen LogP contribution >= 0.6 is 0 Å². The van der Waals surface area contributed by atoms with Crippen molar-refractivity contribution in [3.8, 4) is 0 Å². The smallest absolute Gasteiger partial charge is 0.326 e. The molecule has 1 aliphatic rings. The van der Waals surface area contributed by atoms with Crippen LogP contribution < -0.4 is 5.73 Å². The van der Waals surface area contributed by atoms with Gasteiger partial charge in [-0.1, -0.05) is 12.1 Å². The summed E-state index contributed by atoms with van der Waals surface area (Å²) in [6.07, 6.45) is -3.61. The highest BCUT2D eigenvalue weighted by Crippen LogP contribution is 2.34. The zero-order valence-electron chi connectivity index (χ0n) is 10.6. The molecular formula is C12H15F3N2O2S. The van der Waals surface area contributed by atoms with E-state index in [4.69, 9.17) is 5.73 Å². The number of sulfonamides is 1. The number of nitrogens with zero attached hydrogens (tertiary/aromatic N) is 1. The lowest BCUT2D eigenvalue weighted by Gasteiger charge is -2.23. The summed E-state index contributed by atoms with van der Waals surface area (Å²) in [6, 6.07) is 5.06. The minimum Gasteiger partial charge on any atom is -0.326 e. The molecule has 0 atom stereocenters. The molecule has 2 N–H and O–H groups in total. The first-order valence-electron chi connectivity index (χ1n) is 6.11. The summed E-state index contributed by atoms with van der Waals surface area (Å²) in [5, 5.41) is 0. The van der Waals surface area contributed by atoms with E-state index in [2.05, 4.69) is 0 Å². The highest BCUT2D eigenvalue weighted by atomic mass is 32.2. The lowest BCUT2D eigenvalue weighted by atomic mass is 10.2. The fourth-order valence-electron chi connectivity index (χ4n) is 1.88. The van der Waals surface area contributed by atoms with Crippen LogP contribution in [0.5, 0.6) is 0 Å². The van der Waals surface area contributed by atoms with Gasteiger partial charge in [0.25, 0.3) is 0 Å². The predicted molar refractivity (Wildman–Crippen MR) is 67.3 cm³/mol. The number of alkyl halides is 3. The molecule has 1 fully saturated rings. The van der Waals surface area contributed by atoms with E-state index in [1.807, 2.05) is 0 Å². The van der Waals surface area contributed by atoms with Gasteiger partial charge >= 0.3 is 6.18 Å². The maximum Gasteiger partial charge on any atom is 0.402 e. The molecule has 0 aromatic heterocycles. The van der Waals surface area contributed by atoms with Crippen LogP contribution in [0.25, 0.3) is 0 Å². The van der Waals surface area contributed by atoms with Gasteiger partial charge in [-0.15, -0.1) is 0 Å². The lowest BCUT2D eigenvalue weighted by Crippen LogP contribution is -2.40. The van der Waals surface area contributed by atoms with E-state index >= 15 is 0 Å². The van der Waals surface area contributed by atoms with Gasteiger partial charge in [-0.3, -0.25) is 0 Å². The quantitative estimate of drug-likeness (QED) is 0.903. The summed E-state index contributed by atoms with van der Waals surface area (Å²) in [7, 11) is -4.12. The highest BCUT2D eigenvalue weighted by molar-refractivity contribution is 7.89. The predicted octanol–water partition coefficient (Wildman–Crippen LogP) is 1.86. The second-order valence-electron chi connectivity index (χ2n) is 4.74. The van der Waals surface area contributed by atoms with Crippen molar-refractivity contribution in [1.82, 2.24) is 4.31 Å². The van der Waals surface area contributed by atoms with E-state index in [0.717, 1.165) is 5.56 Å². The molecule has 0 bridgehead atoms. The average Bonchev–Trinajstić information content (AvgIpc) is 3.19. The molecule has 20 heavy (non-hydrogen) atoms. The van der Waals surface area contributed by atoms with Crippen LogP contribution in [0.4, 0.5) is 13.2 Å². The van der Waals surface area contributed by atoms with Crippen molar-refractivity contribution >= 4 is 10.0 Å². The lowest BCUT2D eigenvalue weighted by molar-refractivity contribution is -0.137. The fraction of sp³-hybridized carbons (Fsp3) is 0.500. The molecule has 8 heteroatoms. The molecule has 0 saturated heterocycles. The molecule has 112 valence electrons. The second-order valence-corrected chi connectivity index (χ2v) is 6.64. The molecule has 1 aromatic carbocycles. The Bertz CT molecular complexity index is 565. The summed E-state index contributed by atoms with van der Waals surface area (Å²) in [4.78, 5) is -0.133.